The molecule has 73 heavy (non-hydrogen) atoms. The van der Waals surface area contributed by atoms with Crippen LogP contribution in [0.2, 0.25) is 5.04 Å². The minimum Gasteiger partial charge on any atom is -0.0730 e. The highest BCUT2D eigenvalue weighted by atomic mass is 28.3. The number of rotatable bonds is 16. The van der Waals surface area contributed by atoms with Crippen molar-refractivity contribution in [3.05, 3.63) is 325 Å². The fraction of sp³-hybridized carbons (Fsp3) is 0.194. The summed E-state index contributed by atoms with van der Waals surface area (Å²) >= 11 is 0. The van der Waals surface area contributed by atoms with Crippen molar-refractivity contribution in [2.45, 2.75) is 92.0 Å². The van der Waals surface area contributed by atoms with Crippen LogP contribution in [0.1, 0.15) is 111 Å². The molecule has 0 heterocycles. The van der Waals surface area contributed by atoms with E-state index in [1.807, 2.05) is 0 Å². The van der Waals surface area contributed by atoms with Crippen LogP contribution in [0, 0.1) is 20.8 Å². The highest BCUT2D eigenvalue weighted by molar-refractivity contribution is 7.14. The molecule has 0 bridgehead atoms. The zero-order chi connectivity index (χ0) is 50.5. The Hall–Kier alpha value is -7.32. The molecule has 0 N–H and O–H groups in total. The molecule has 0 spiro atoms. The van der Waals surface area contributed by atoms with Gasteiger partial charge in [-0.3, -0.25) is 0 Å². The molecule has 10 rings (SSSR count). The standard InChI is InChI=1S/C72H70Si/c1-51-38-63(44-57-26-14-8-15-27-57)66(47-60-32-20-11-21-33-60)69(41-51)73(72(7)50-54(4)55(5)56(72)6,70-42-52(2)39-64(45-58-28-16-9-17-29-58)67(70)48-61-34-22-12-23-35-61)71-43-53(3)40-65(46-59-30-18-10-19-31-59)68(71)49-62-36-24-13-25-37-62/h8-43,50H,44-49H2,1-7H3. The smallest absolute Gasteiger partial charge is 0.0730 e. The molecule has 0 aromatic heterocycles. The minimum atomic E-state index is -3.53. The predicted octanol–water partition coefficient (Wildman–Crippen LogP) is 15.7. The molecule has 9 aromatic rings. The lowest BCUT2D eigenvalue weighted by Gasteiger charge is -2.50. The Morgan fingerprint density at radius 2 is 0.562 bits per heavy atom. The molecule has 1 unspecified atom stereocenters. The third-order valence-corrected chi connectivity index (χ3v) is 22.1. The van der Waals surface area contributed by atoms with E-state index in [9.17, 15) is 0 Å². The van der Waals surface area contributed by atoms with E-state index in [4.69, 9.17) is 0 Å². The Morgan fingerprint density at radius 1 is 0.315 bits per heavy atom. The van der Waals surface area contributed by atoms with Crippen molar-refractivity contribution in [2.75, 3.05) is 0 Å². The van der Waals surface area contributed by atoms with Gasteiger partial charge in [-0.15, -0.1) is 0 Å². The number of hydrogen-bond donors (Lipinski definition) is 0. The summed E-state index contributed by atoms with van der Waals surface area (Å²) in [6, 6.07) is 83.3. The summed E-state index contributed by atoms with van der Waals surface area (Å²) in [7, 11) is -3.53. The molecule has 0 radical (unpaired) electrons. The average Bonchev–Trinajstić information content (AvgIpc) is 3.60. The van der Waals surface area contributed by atoms with Crippen LogP contribution >= 0.6 is 0 Å². The summed E-state index contributed by atoms with van der Waals surface area (Å²) in [5, 5.41) is 4.23. The molecular formula is C72H70Si. The number of allylic oxidation sites excluding steroid dienone is 4. The van der Waals surface area contributed by atoms with E-state index in [-0.39, 0.29) is 0 Å². The van der Waals surface area contributed by atoms with Gasteiger partial charge in [-0.05, 0) is 168 Å². The van der Waals surface area contributed by atoms with Crippen LogP contribution < -0.4 is 15.6 Å². The first kappa shape index (κ1) is 49.3. The fourth-order valence-corrected chi connectivity index (χ4v) is 19.8. The lowest BCUT2D eigenvalue weighted by molar-refractivity contribution is 0.866. The van der Waals surface area contributed by atoms with Crippen molar-refractivity contribution in [1.82, 2.24) is 0 Å². The lowest BCUT2D eigenvalue weighted by Crippen LogP contribution is -2.75. The van der Waals surface area contributed by atoms with E-state index in [1.165, 1.54) is 100 Å². The molecule has 1 aliphatic rings. The number of aryl methyl sites for hydroxylation is 3. The van der Waals surface area contributed by atoms with Crippen LogP contribution in [0.5, 0.6) is 0 Å². The van der Waals surface area contributed by atoms with Crippen molar-refractivity contribution < 1.29 is 0 Å². The number of benzene rings is 9. The first-order valence-corrected chi connectivity index (χ1v) is 28.5. The summed E-state index contributed by atoms with van der Waals surface area (Å²) in [5.41, 5.74) is 25.0. The van der Waals surface area contributed by atoms with Gasteiger partial charge in [-0.1, -0.05) is 259 Å². The van der Waals surface area contributed by atoms with Crippen molar-refractivity contribution in [2.24, 2.45) is 0 Å². The van der Waals surface area contributed by atoms with Gasteiger partial charge in [0.05, 0.1) is 0 Å². The molecule has 1 heteroatoms. The van der Waals surface area contributed by atoms with E-state index >= 15 is 0 Å². The molecule has 9 aromatic carbocycles. The molecule has 0 nitrogen and oxygen atoms in total. The second-order valence-corrected chi connectivity index (χ2v) is 25.5. The second-order valence-electron chi connectivity index (χ2n) is 21.4. The molecule has 0 fully saturated rings. The molecule has 362 valence electrons. The maximum absolute atomic E-state index is 3.53. The van der Waals surface area contributed by atoms with Gasteiger partial charge in [0.15, 0.2) is 8.07 Å². The summed E-state index contributed by atoms with van der Waals surface area (Å²) in [6.07, 6.45) is 7.83. The highest BCUT2D eigenvalue weighted by Crippen LogP contribution is 2.54. The fourth-order valence-electron chi connectivity index (χ4n) is 12.6. The van der Waals surface area contributed by atoms with E-state index in [2.05, 4.69) is 273 Å². The molecule has 0 saturated heterocycles. The van der Waals surface area contributed by atoms with Gasteiger partial charge in [0.1, 0.15) is 0 Å². The van der Waals surface area contributed by atoms with Gasteiger partial charge >= 0.3 is 0 Å². The zero-order valence-corrected chi connectivity index (χ0v) is 45.1. The van der Waals surface area contributed by atoms with Crippen molar-refractivity contribution in [3.8, 4) is 0 Å². The monoisotopic (exact) mass is 963 g/mol. The van der Waals surface area contributed by atoms with Crippen LogP contribution in [0.15, 0.2) is 241 Å². The van der Waals surface area contributed by atoms with Gasteiger partial charge in [-0.25, -0.2) is 0 Å². The molecular weight excluding hydrogens is 893 g/mol. The molecule has 0 aliphatic heterocycles. The topological polar surface area (TPSA) is 0 Å². The normalized spacial score (nSPS) is 14.6. The summed E-state index contributed by atoms with van der Waals surface area (Å²) in [6.45, 7) is 17.1. The van der Waals surface area contributed by atoms with Crippen molar-refractivity contribution >= 4 is 23.6 Å². The largest absolute Gasteiger partial charge is 0.162 e. The summed E-state index contributed by atoms with van der Waals surface area (Å²) in [4.78, 5) is 0. The Labute approximate surface area is 437 Å². The van der Waals surface area contributed by atoms with Crippen LogP contribution in [-0.2, 0) is 38.5 Å². The van der Waals surface area contributed by atoms with E-state index in [1.54, 1.807) is 15.6 Å². The molecule has 1 atom stereocenters. The Bertz CT molecular complexity index is 3090. The molecule has 0 amide bonds. The third-order valence-electron chi connectivity index (χ3n) is 16.3. The van der Waals surface area contributed by atoms with Gasteiger partial charge < -0.3 is 0 Å². The number of hydrogen-bond acceptors (Lipinski definition) is 0. The van der Waals surface area contributed by atoms with E-state index in [0.717, 1.165) is 38.5 Å². The van der Waals surface area contributed by atoms with Crippen LogP contribution in [-0.4, -0.2) is 8.07 Å². The van der Waals surface area contributed by atoms with Crippen molar-refractivity contribution in [3.63, 3.8) is 0 Å². The first-order chi connectivity index (χ1) is 35.5. The van der Waals surface area contributed by atoms with Crippen molar-refractivity contribution in [1.29, 1.82) is 0 Å². The SMILES string of the molecule is CC1=CC(C)([Si](c2cc(C)cc(Cc3ccccc3)c2Cc2ccccc2)(c2cc(C)cc(Cc3ccccc3)c2Cc2ccccc2)c2cc(C)cc(Cc3ccccc3)c2Cc2ccccc2)C(C)=C1C. The predicted molar refractivity (Wildman–Crippen MR) is 314 cm³/mol. The van der Waals surface area contributed by atoms with Gasteiger partial charge in [-0.2, -0.15) is 0 Å². The molecule has 1 aliphatic carbocycles. The third kappa shape index (κ3) is 10.1. The van der Waals surface area contributed by atoms with Gasteiger partial charge in [0, 0.05) is 5.04 Å². The Morgan fingerprint density at radius 3 is 0.795 bits per heavy atom. The van der Waals surface area contributed by atoms with E-state index in [0.29, 0.717) is 0 Å². The first-order valence-electron chi connectivity index (χ1n) is 26.5. The minimum absolute atomic E-state index is 0.392. The van der Waals surface area contributed by atoms with E-state index < -0.39 is 13.1 Å². The zero-order valence-electron chi connectivity index (χ0n) is 44.1. The quantitative estimate of drug-likeness (QED) is 0.0669. The lowest BCUT2D eigenvalue weighted by atomic mass is 9.92. The maximum Gasteiger partial charge on any atom is 0.162 e. The maximum atomic E-state index is 2.76. The van der Waals surface area contributed by atoms with Crippen LogP contribution in [0.3, 0.4) is 0 Å². The summed E-state index contributed by atoms with van der Waals surface area (Å²) < 4.78 is 0. The molecule has 0 saturated carbocycles. The van der Waals surface area contributed by atoms with Gasteiger partial charge in [0.25, 0.3) is 0 Å². The Kier molecular flexibility index (Phi) is 14.4. The van der Waals surface area contributed by atoms with Crippen LogP contribution in [0.4, 0.5) is 0 Å². The Balaban J connectivity index is 1.46. The van der Waals surface area contributed by atoms with Gasteiger partial charge in [0.2, 0.25) is 0 Å². The second kappa shape index (κ2) is 21.4. The van der Waals surface area contributed by atoms with Crippen LogP contribution in [0.25, 0.3) is 0 Å². The highest BCUT2D eigenvalue weighted by Gasteiger charge is 2.59. The summed E-state index contributed by atoms with van der Waals surface area (Å²) in [5.74, 6) is 0. The average molecular weight is 963 g/mol.